The fraction of sp³-hybridized carbons (Fsp3) is 1.00. The summed E-state index contributed by atoms with van der Waals surface area (Å²) in [6.45, 7) is 3.03. The van der Waals surface area contributed by atoms with Gasteiger partial charge in [-0.1, -0.05) is 12.8 Å². The molecule has 0 aromatic carbocycles. The molecule has 64 valence electrons. The van der Waals surface area contributed by atoms with E-state index in [0.29, 0.717) is 6.10 Å². The van der Waals surface area contributed by atoms with Crippen LogP contribution in [0.3, 0.4) is 0 Å². The van der Waals surface area contributed by atoms with E-state index in [1.807, 2.05) is 0 Å². The van der Waals surface area contributed by atoms with Gasteiger partial charge in [-0.05, 0) is 38.0 Å². The van der Waals surface area contributed by atoms with Gasteiger partial charge in [0.25, 0.3) is 0 Å². The quantitative estimate of drug-likeness (QED) is 0.594. The van der Waals surface area contributed by atoms with E-state index in [0.717, 1.165) is 18.4 Å². The molecule has 0 spiro atoms. The van der Waals surface area contributed by atoms with Crippen molar-refractivity contribution in [1.29, 1.82) is 0 Å². The van der Waals surface area contributed by atoms with E-state index in [4.69, 9.17) is 4.74 Å². The number of ether oxygens (including phenoxy) is 1. The molecule has 0 aromatic heterocycles. The molecular weight excluding hydrogens is 136 g/mol. The lowest BCUT2D eigenvalue weighted by Gasteiger charge is -2.42. The summed E-state index contributed by atoms with van der Waals surface area (Å²) in [5.74, 6) is 1.87. The number of fused-ring (bicyclic) bond motifs is 3. The average Bonchev–Trinajstić information content (AvgIpc) is 2.32. The molecule has 0 aliphatic heterocycles. The fourth-order valence-corrected chi connectivity index (χ4v) is 2.69. The van der Waals surface area contributed by atoms with Gasteiger partial charge in [-0.25, -0.2) is 0 Å². The van der Waals surface area contributed by atoms with Gasteiger partial charge in [0.05, 0.1) is 6.10 Å². The van der Waals surface area contributed by atoms with Crippen LogP contribution in [0.1, 0.15) is 39.0 Å². The van der Waals surface area contributed by atoms with Crippen molar-refractivity contribution < 1.29 is 4.74 Å². The first-order valence-electron chi connectivity index (χ1n) is 5.03. The summed E-state index contributed by atoms with van der Waals surface area (Å²) in [5, 5.41) is 0. The lowest BCUT2D eigenvalue weighted by molar-refractivity contribution is -0.0881. The highest BCUT2D eigenvalue weighted by atomic mass is 16.5. The standard InChI is InChI=1S/C10H18O/c1-2-11-10-8-5-3-4-6-9(10)7-8/h8-10H,2-7H2,1H3. The molecule has 3 rings (SSSR count). The lowest BCUT2D eigenvalue weighted by Crippen LogP contribution is -2.42. The van der Waals surface area contributed by atoms with Crippen LogP contribution < -0.4 is 0 Å². The Morgan fingerprint density at radius 2 is 1.82 bits per heavy atom. The SMILES string of the molecule is CCOC1C2CCCCC1C2. The van der Waals surface area contributed by atoms with E-state index in [1.165, 1.54) is 32.1 Å². The lowest BCUT2D eigenvalue weighted by atomic mass is 9.71. The Bertz CT molecular complexity index is 117. The van der Waals surface area contributed by atoms with Crippen LogP contribution in [-0.4, -0.2) is 12.7 Å². The third-order valence-corrected chi connectivity index (χ3v) is 3.29. The van der Waals surface area contributed by atoms with Crippen LogP contribution in [0.4, 0.5) is 0 Å². The maximum atomic E-state index is 5.72. The Kier molecular flexibility index (Phi) is 2.17. The smallest absolute Gasteiger partial charge is 0.0631 e. The first-order chi connectivity index (χ1) is 5.42. The molecule has 2 atom stereocenters. The largest absolute Gasteiger partial charge is 0.378 e. The predicted molar refractivity (Wildman–Crippen MR) is 45.5 cm³/mol. The zero-order valence-corrected chi connectivity index (χ0v) is 7.38. The first kappa shape index (κ1) is 7.60. The number of hydrogen-bond donors (Lipinski definition) is 0. The molecule has 3 aliphatic rings. The fourth-order valence-electron chi connectivity index (χ4n) is 2.69. The highest BCUT2D eigenvalue weighted by Gasteiger charge is 2.42. The molecule has 1 heteroatoms. The topological polar surface area (TPSA) is 9.23 Å². The minimum atomic E-state index is 0.655. The Balaban J connectivity index is 1.90. The van der Waals surface area contributed by atoms with E-state index in [2.05, 4.69) is 6.92 Å². The van der Waals surface area contributed by atoms with Crippen molar-refractivity contribution in [2.75, 3.05) is 6.61 Å². The molecule has 0 radical (unpaired) electrons. The maximum Gasteiger partial charge on any atom is 0.0631 e. The van der Waals surface area contributed by atoms with Gasteiger partial charge < -0.3 is 4.74 Å². The highest BCUT2D eigenvalue weighted by molar-refractivity contribution is 4.92. The minimum Gasteiger partial charge on any atom is -0.378 e. The molecule has 0 aromatic rings. The van der Waals surface area contributed by atoms with E-state index >= 15 is 0 Å². The molecule has 11 heavy (non-hydrogen) atoms. The van der Waals surface area contributed by atoms with Crippen molar-refractivity contribution in [3.05, 3.63) is 0 Å². The second-order valence-corrected chi connectivity index (χ2v) is 3.96. The van der Waals surface area contributed by atoms with Crippen molar-refractivity contribution >= 4 is 0 Å². The molecule has 0 amide bonds. The van der Waals surface area contributed by atoms with Crippen molar-refractivity contribution in [3.63, 3.8) is 0 Å². The van der Waals surface area contributed by atoms with Crippen LogP contribution in [0.5, 0.6) is 0 Å². The maximum absolute atomic E-state index is 5.72. The van der Waals surface area contributed by atoms with Crippen LogP contribution in [-0.2, 0) is 4.74 Å². The van der Waals surface area contributed by atoms with Gasteiger partial charge in [-0.15, -0.1) is 0 Å². The molecule has 0 saturated heterocycles. The van der Waals surface area contributed by atoms with Gasteiger partial charge in [0.15, 0.2) is 0 Å². The predicted octanol–water partition coefficient (Wildman–Crippen LogP) is 2.60. The molecule has 2 unspecified atom stereocenters. The summed E-state index contributed by atoms with van der Waals surface area (Å²) in [5.41, 5.74) is 0. The third-order valence-electron chi connectivity index (χ3n) is 3.29. The minimum absolute atomic E-state index is 0.655. The monoisotopic (exact) mass is 154 g/mol. The van der Waals surface area contributed by atoms with Gasteiger partial charge >= 0.3 is 0 Å². The van der Waals surface area contributed by atoms with Gasteiger partial charge in [-0.3, -0.25) is 0 Å². The Morgan fingerprint density at radius 3 is 2.36 bits per heavy atom. The summed E-state index contributed by atoms with van der Waals surface area (Å²) < 4.78 is 5.72. The van der Waals surface area contributed by atoms with Gasteiger partial charge in [0.1, 0.15) is 0 Å². The summed E-state index contributed by atoms with van der Waals surface area (Å²) in [6, 6.07) is 0. The molecular formula is C10H18O. The zero-order valence-electron chi connectivity index (χ0n) is 7.38. The molecule has 3 saturated carbocycles. The van der Waals surface area contributed by atoms with Crippen LogP contribution in [0.2, 0.25) is 0 Å². The Hall–Kier alpha value is -0.0400. The van der Waals surface area contributed by atoms with Gasteiger partial charge in [0.2, 0.25) is 0 Å². The van der Waals surface area contributed by atoms with Gasteiger partial charge in [-0.2, -0.15) is 0 Å². The third kappa shape index (κ3) is 1.31. The first-order valence-corrected chi connectivity index (χ1v) is 5.03. The second-order valence-electron chi connectivity index (χ2n) is 3.96. The van der Waals surface area contributed by atoms with E-state index < -0.39 is 0 Å². The Morgan fingerprint density at radius 1 is 1.18 bits per heavy atom. The molecule has 2 bridgehead atoms. The molecule has 3 fully saturated rings. The van der Waals surface area contributed by atoms with Crippen molar-refractivity contribution in [3.8, 4) is 0 Å². The second kappa shape index (κ2) is 3.14. The molecule has 0 N–H and O–H groups in total. The van der Waals surface area contributed by atoms with Crippen LogP contribution in [0.25, 0.3) is 0 Å². The van der Waals surface area contributed by atoms with Gasteiger partial charge in [0, 0.05) is 6.61 Å². The summed E-state index contributed by atoms with van der Waals surface area (Å²) in [7, 11) is 0. The van der Waals surface area contributed by atoms with Crippen molar-refractivity contribution in [1.82, 2.24) is 0 Å². The van der Waals surface area contributed by atoms with E-state index in [1.54, 1.807) is 0 Å². The molecule has 0 heterocycles. The number of rotatable bonds is 2. The summed E-state index contributed by atoms with van der Waals surface area (Å²) in [4.78, 5) is 0. The van der Waals surface area contributed by atoms with Crippen LogP contribution in [0.15, 0.2) is 0 Å². The molecule has 1 nitrogen and oxygen atoms in total. The summed E-state index contributed by atoms with van der Waals surface area (Å²) >= 11 is 0. The van der Waals surface area contributed by atoms with E-state index in [-0.39, 0.29) is 0 Å². The van der Waals surface area contributed by atoms with Crippen LogP contribution in [0, 0.1) is 11.8 Å². The Labute approximate surface area is 69.1 Å². The molecule has 3 aliphatic carbocycles. The van der Waals surface area contributed by atoms with E-state index in [9.17, 15) is 0 Å². The highest BCUT2D eigenvalue weighted by Crippen LogP contribution is 2.45. The van der Waals surface area contributed by atoms with Crippen LogP contribution >= 0.6 is 0 Å². The average molecular weight is 154 g/mol. The normalized spacial score (nSPS) is 42.8. The zero-order chi connectivity index (χ0) is 7.68. The number of hydrogen-bond acceptors (Lipinski definition) is 1. The van der Waals surface area contributed by atoms with Crippen molar-refractivity contribution in [2.24, 2.45) is 11.8 Å². The van der Waals surface area contributed by atoms with Crippen molar-refractivity contribution in [2.45, 2.75) is 45.1 Å². The summed E-state index contributed by atoms with van der Waals surface area (Å²) in [6.07, 6.45) is 7.88.